The number of methoxy groups -OCH3 is 1. The van der Waals surface area contributed by atoms with Gasteiger partial charge in [0.25, 0.3) is 0 Å². The second kappa shape index (κ2) is 9.79. The molecule has 0 aliphatic rings. The Hall–Kier alpha value is -1.14. The molecule has 0 aliphatic heterocycles. The van der Waals surface area contributed by atoms with Crippen LogP contribution in [0.15, 0.2) is 45.3 Å². The fraction of sp³-hybridized carbons (Fsp3) is 0.412. The third-order valence-corrected chi connectivity index (χ3v) is 3.64. The van der Waals surface area contributed by atoms with Crippen LogP contribution in [0.25, 0.3) is 11.3 Å². The minimum absolute atomic E-state index is 0.651. The lowest BCUT2D eigenvalue weighted by molar-refractivity contribution is 0.0694. The standard InChI is InChI=1S/C17H22BrNO3/c1-20-10-11-21-9-3-8-19-13-16-6-7-17(22-16)14-4-2-5-15(18)12-14/h2,4-7,12,19H,3,8-11,13H2,1H3. The van der Waals surface area contributed by atoms with Crippen LogP contribution in [0, 0.1) is 0 Å². The number of hydrogen-bond donors (Lipinski definition) is 1. The molecule has 1 aromatic carbocycles. The van der Waals surface area contributed by atoms with E-state index in [1.54, 1.807) is 7.11 Å². The first-order valence-corrected chi connectivity index (χ1v) is 8.21. The van der Waals surface area contributed by atoms with E-state index >= 15 is 0 Å². The fourth-order valence-corrected chi connectivity index (χ4v) is 2.42. The van der Waals surface area contributed by atoms with Crippen molar-refractivity contribution in [1.29, 1.82) is 0 Å². The van der Waals surface area contributed by atoms with Crippen LogP contribution < -0.4 is 5.32 Å². The molecule has 2 rings (SSSR count). The highest BCUT2D eigenvalue weighted by atomic mass is 79.9. The summed E-state index contributed by atoms with van der Waals surface area (Å²) in [6, 6.07) is 12.1. The van der Waals surface area contributed by atoms with Gasteiger partial charge >= 0.3 is 0 Å². The maximum atomic E-state index is 5.85. The molecule has 22 heavy (non-hydrogen) atoms. The van der Waals surface area contributed by atoms with Crippen molar-refractivity contribution in [3.05, 3.63) is 46.6 Å². The minimum Gasteiger partial charge on any atom is -0.460 e. The van der Waals surface area contributed by atoms with Crippen molar-refractivity contribution >= 4 is 15.9 Å². The maximum absolute atomic E-state index is 5.85. The number of rotatable bonds is 10. The molecule has 0 saturated carbocycles. The van der Waals surface area contributed by atoms with E-state index in [0.29, 0.717) is 13.2 Å². The third-order valence-electron chi connectivity index (χ3n) is 3.14. The van der Waals surface area contributed by atoms with Crippen LogP contribution in [0.3, 0.4) is 0 Å². The first-order chi connectivity index (χ1) is 10.8. The molecule has 1 heterocycles. The lowest BCUT2D eigenvalue weighted by atomic mass is 10.2. The Balaban J connectivity index is 1.67. The van der Waals surface area contributed by atoms with Crippen LogP contribution in [0.4, 0.5) is 0 Å². The second-order valence-electron chi connectivity index (χ2n) is 4.91. The number of benzene rings is 1. The third kappa shape index (κ3) is 5.93. The largest absolute Gasteiger partial charge is 0.460 e. The summed E-state index contributed by atoms with van der Waals surface area (Å²) < 4.78 is 17.2. The summed E-state index contributed by atoms with van der Waals surface area (Å²) in [4.78, 5) is 0. The van der Waals surface area contributed by atoms with E-state index in [4.69, 9.17) is 13.9 Å². The second-order valence-corrected chi connectivity index (χ2v) is 5.83. The van der Waals surface area contributed by atoms with Crippen molar-refractivity contribution in [2.24, 2.45) is 0 Å². The highest BCUT2D eigenvalue weighted by molar-refractivity contribution is 9.10. The Labute approximate surface area is 139 Å². The number of ether oxygens (including phenoxy) is 2. The van der Waals surface area contributed by atoms with Crippen molar-refractivity contribution in [2.45, 2.75) is 13.0 Å². The van der Waals surface area contributed by atoms with Crippen LogP contribution in [0.2, 0.25) is 0 Å². The van der Waals surface area contributed by atoms with Gasteiger partial charge in [0, 0.05) is 23.8 Å². The molecule has 1 aromatic heterocycles. The van der Waals surface area contributed by atoms with Crippen LogP contribution in [-0.2, 0) is 16.0 Å². The van der Waals surface area contributed by atoms with E-state index in [-0.39, 0.29) is 0 Å². The Morgan fingerprint density at radius 2 is 2.05 bits per heavy atom. The lowest BCUT2D eigenvalue weighted by Crippen LogP contribution is -2.16. The van der Waals surface area contributed by atoms with Crippen LogP contribution >= 0.6 is 15.9 Å². The van der Waals surface area contributed by atoms with Gasteiger partial charge in [-0.05, 0) is 37.2 Å². The Bertz CT molecular complexity index is 556. The summed E-state index contributed by atoms with van der Waals surface area (Å²) >= 11 is 3.47. The zero-order valence-corrected chi connectivity index (χ0v) is 14.4. The molecular formula is C17H22BrNO3. The average Bonchev–Trinajstić information content (AvgIpc) is 2.99. The zero-order chi connectivity index (χ0) is 15.6. The van der Waals surface area contributed by atoms with E-state index in [0.717, 1.165) is 47.7 Å². The molecule has 0 unspecified atom stereocenters. The van der Waals surface area contributed by atoms with E-state index in [1.165, 1.54) is 0 Å². The van der Waals surface area contributed by atoms with Gasteiger partial charge in [0.1, 0.15) is 11.5 Å². The highest BCUT2D eigenvalue weighted by Gasteiger charge is 2.04. The van der Waals surface area contributed by atoms with Gasteiger partial charge in [-0.25, -0.2) is 0 Å². The van der Waals surface area contributed by atoms with Gasteiger partial charge in [-0.2, -0.15) is 0 Å². The van der Waals surface area contributed by atoms with Crippen LogP contribution in [-0.4, -0.2) is 33.5 Å². The molecule has 0 fully saturated rings. The van der Waals surface area contributed by atoms with Gasteiger partial charge in [-0.3, -0.25) is 0 Å². The molecule has 5 heteroatoms. The van der Waals surface area contributed by atoms with Crippen molar-refractivity contribution in [1.82, 2.24) is 5.32 Å². The van der Waals surface area contributed by atoms with Crippen LogP contribution in [0.5, 0.6) is 0 Å². The molecular weight excluding hydrogens is 346 g/mol. The quantitative estimate of drug-likeness (QED) is 0.647. The van der Waals surface area contributed by atoms with Crippen molar-refractivity contribution in [3.8, 4) is 11.3 Å². The summed E-state index contributed by atoms with van der Waals surface area (Å²) in [6.07, 6.45) is 0.975. The fourth-order valence-electron chi connectivity index (χ4n) is 2.02. The Kier molecular flexibility index (Phi) is 7.66. The van der Waals surface area contributed by atoms with E-state index in [1.807, 2.05) is 36.4 Å². The molecule has 0 aliphatic carbocycles. The Morgan fingerprint density at radius 3 is 2.86 bits per heavy atom. The first kappa shape index (κ1) is 17.2. The molecule has 2 aromatic rings. The molecule has 0 amide bonds. The molecule has 0 atom stereocenters. The normalized spacial score (nSPS) is 11.0. The SMILES string of the molecule is COCCOCCCNCc1ccc(-c2cccc(Br)c2)o1. The number of nitrogens with one attached hydrogen (secondary N) is 1. The summed E-state index contributed by atoms with van der Waals surface area (Å²) in [6.45, 7) is 3.69. The van der Waals surface area contributed by atoms with Gasteiger partial charge in [0.15, 0.2) is 0 Å². The summed E-state index contributed by atoms with van der Waals surface area (Å²) in [5.41, 5.74) is 1.08. The number of halogens is 1. The number of furan rings is 1. The average molecular weight is 368 g/mol. The molecule has 0 spiro atoms. The van der Waals surface area contributed by atoms with Crippen LogP contribution in [0.1, 0.15) is 12.2 Å². The summed E-state index contributed by atoms with van der Waals surface area (Å²) in [5.74, 6) is 1.83. The van der Waals surface area contributed by atoms with Gasteiger partial charge < -0.3 is 19.2 Å². The molecule has 0 bridgehead atoms. The van der Waals surface area contributed by atoms with Gasteiger partial charge in [-0.1, -0.05) is 28.1 Å². The van der Waals surface area contributed by atoms with Crippen molar-refractivity contribution < 1.29 is 13.9 Å². The number of hydrogen-bond acceptors (Lipinski definition) is 4. The Morgan fingerprint density at radius 1 is 1.14 bits per heavy atom. The molecule has 0 radical (unpaired) electrons. The van der Waals surface area contributed by atoms with E-state index < -0.39 is 0 Å². The van der Waals surface area contributed by atoms with Crippen molar-refractivity contribution in [2.75, 3.05) is 33.5 Å². The topological polar surface area (TPSA) is 43.6 Å². The van der Waals surface area contributed by atoms with E-state index in [9.17, 15) is 0 Å². The molecule has 120 valence electrons. The molecule has 0 saturated heterocycles. The van der Waals surface area contributed by atoms with Gasteiger partial charge in [0.2, 0.25) is 0 Å². The van der Waals surface area contributed by atoms with Gasteiger partial charge in [-0.15, -0.1) is 0 Å². The molecule has 4 nitrogen and oxygen atoms in total. The summed E-state index contributed by atoms with van der Waals surface area (Å²) in [5, 5.41) is 3.35. The zero-order valence-electron chi connectivity index (χ0n) is 12.8. The summed E-state index contributed by atoms with van der Waals surface area (Å²) in [7, 11) is 1.68. The van der Waals surface area contributed by atoms with Gasteiger partial charge in [0.05, 0.1) is 19.8 Å². The monoisotopic (exact) mass is 367 g/mol. The first-order valence-electron chi connectivity index (χ1n) is 7.41. The van der Waals surface area contributed by atoms with Crippen molar-refractivity contribution in [3.63, 3.8) is 0 Å². The maximum Gasteiger partial charge on any atom is 0.134 e. The van der Waals surface area contributed by atoms with E-state index in [2.05, 4.69) is 21.2 Å². The smallest absolute Gasteiger partial charge is 0.134 e. The highest BCUT2D eigenvalue weighted by Crippen LogP contribution is 2.24. The molecule has 1 N–H and O–H groups in total. The predicted octanol–water partition coefficient (Wildman–Crippen LogP) is 3.85. The minimum atomic E-state index is 0.651. The predicted molar refractivity (Wildman–Crippen MR) is 90.9 cm³/mol. The lowest BCUT2D eigenvalue weighted by Gasteiger charge is -2.04.